The first-order valence-corrected chi connectivity index (χ1v) is 11.6. The van der Waals surface area contributed by atoms with Crippen molar-refractivity contribution in [1.82, 2.24) is 35.2 Å². The smallest absolute Gasteiger partial charge is 0.254 e. The fourth-order valence-corrected chi connectivity index (χ4v) is 4.89. The second-order valence-electron chi connectivity index (χ2n) is 9.26. The Labute approximate surface area is 207 Å². The number of amides is 1. The van der Waals surface area contributed by atoms with Crippen LogP contribution in [0.1, 0.15) is 32.7 Å². The molecule has 36 heavy (non-hydrogen) atoms. The number of carbonyl (C=O) groups is 1. The van der Waals surface area contributed by atoms with Gasteiger partial charge in [-0.15, -0.1) is 5.10 Å². The molecule has 0 atom stereocenters. The zero-order valence-electron chi connectivity index (χ0n) is 19.9. The summed E-state index contributed by atoms with van der Waals surface area (Å²) in [5.41, 5.74) is 8.62. The third-order valence-electron chi connectivity index (χ3n) is 6.55. The molecule has 0 unspecified atom stereocenters. The summed E-state index contributed by atoms with van der Waals surface area (Å²) >= 11 is 0. The Kier molecular flexibility index (Phi) is 5.11. The van der Waals surface area contributed by atoms with Crippen LogP contribution in [-0.2, 0) is 13.1 Å². The standard InChI is InChI=1S/C26H23N9O/c1-15-5-16(2)7-20(6-15)29-26-28-10-19-12-34(13-23(19)30-26)24-14-35(11-18(24)9-27)25(36)17-3-4-21-22(8-17)32-33-31-21/h3-8,10H,11-14H2,1-2H3,(H,28,29,30)(H,31,32,33). The average molecular weight is 478 g/mol. The lowest BCUT2D eigenvalue weighted by Gasteiger charge is -2.21. The molecule has 4 heterocycles. The van der Waals surface area contributed by atoms with Crippen LogP contribution in [0.3, 0.4) is 0 Å². The topological polar surface area (TPSA) is 127 Å². The van der Waals surface area contributed by atoms with Gasteiger partial charge >= 0.3 is 0 Å². The van der Waals surface area contributed by atoms with Gasteiger partial charge in [-0.25, -0.2) is 9.97 Å². The number of hydrogen-bond acceptors (Lipinski definition) is 8. The molecule has 6 rings (SSSR count). The largest absolute Gasteiger partial charge is 0.362 e. The minimum atomic E-state index is -0.134. The molecule has 2 aliphatic rings. The number of nitrogens with zero attached hydrogens (tertiary/aromatic N) is 7. The number of H-pyrrole nitrogens is 1. The summed E-state index contributed by atoms with van der Waals surface area (Å²) in [6, 6.07) is 13.8. The maximum absolute atomic E-state index is 13.2. The van der Waals surface area contributed by atoms with Gasteiger partial charge in [0.1, 0.15) is 5.52 Å². The Balaban J connectivity index is 1.18. The van der Waals surface area contributed by atoms with E-state index in [4.69, 9.17) is 4.98 Å². The Hall–Kier alpha value is -4.78. The highest BCUT2D eigenvalue weighted by molar-refractivity contribution is 5.97. The molecule has 1 amide bonds. The molecule has 0 spiro atoms. The lowest BCUT2D eigenvalue weighted by Crippen LogP contribution is -2.31. The molecule has 10 heteroatoms. The molecular formula is C26H23N9O. The van der Waals surface area contributed by atoms with Gasteiger partial charge in [0.25, 0.3) is 5.91 Å². The van der Waals surface area contributed by atoms with E-state index in [1.165, 1.54) is 11.1 Å². The number of anilines is 2. The number of fused-ring (bicyclic) bond motifs is 2. The summed E-state index contributed by atoms with van der Waals surface area (Å²) in [7, 11) is 0. The van der Waals surface area contributed by atoms with Gasteiger partial charge < -0.3 is 15.1 Å². The van der Waals surface area contributed by atoms with E-state index in [0.29, 0.717) is 47.8 Å². The quantitative estimate of drug-likeness (QED) is 0.458. The monoisotopic (exact) mass is 477 g/mol. The summed E-state index contributed by atoms with van der Waals surface area (Å²) in [6.07, 6.45) is 1.84. The normalized spacial score (nSPS) is 14.9. The summed E-state index contributed by atoms with van der Waals surface area (Å²) < 4.78 is 0. The molecule has 0 saturated carbocycles. The lowest BCUT2D eigenvalue weighted by molar-refractivity contribution is 0.0790. The molecule has 0 aliphatic carbocycles. The minimum Gasteiger partial charge on any atom is -0.362 e. The van der Waals surface area contributed by atoms with Crippen molar-refractivity contribution in [1.29, 1.82) is 5.26 Å². The Morgan fingerprint density at radius 3 is 2.72 bits per heavy atom. The van der Waals surface area contributed by atoms with Crippen molar-refractivity contribution in [2.75, 3.05) is 18.4 Å². The lowest BCUT2D eigenvalue weighted by atomic mass is 10.1. The SMILES string of the molecule is Cc1cc(C)cc(Nc2ncc3c(n2)CN(C2=C(C#N)CN(C(=O)c4ccc5nn[nH]c5c4)C2)C3)c1. The number of nitrogens with one attached hydrogen (secondary N) is 2. The summed E-state index contributed by atoms with van der Waals surface area (Å²) in [5.74, 6) is 0.410. The highest BCUT2D eigenvalue weighted by Gasteiger charge is 2.33. The number of hydrogen-bond donors (Lipinski definition) is 2. The molecule has 178 valence electrons. The molecule has 0 radical (unpaired) electrons. The fourth-order valence-electron chi connectivity index (χ4n) is 4.89. The average Bonchev–Trinajstić information content (AvgIpc) is 3.59. The first kappa shape index (κ1) is 21.7. The summed E-state index contributed by atoms with van der Waals surface area (Å²) in [6.45, 7) is 5.93. The second-order valence-corrected chi connectivity index (χ2v) is 9.26. The van der Waals surface area contributed by atoms with Crippen LogP contribution in [0.15, 0.2) is 53.9 Å². The van der Waals surface area contributed by atoms with Crippen molar-refractivity contribution in [2.45, 2.75) is 26.9 Å². The Morgan fingerprint density at radius 1 is 1.08 bits per heavy atom. The first-order chi connectivity index (χ1) is 17.5. The predicted octanol–water partition coefficient (Wildman–Crippen LogP) is 3.36. The summed E-state index contributed by atoms with van der Waals surface area (Å²) in [5, 5.41) is 23.6. The maximum atomic E-state index is 13.2. The van der Waals surface area contributed by atoms with Crippen LogP contribution >= 0.6 is 0 Å². The predicted molar refractivity (Wildman–Crippen MR) is 133 cm³/mol. The van der Waals surface area contributed by atoms with Gasteiger partial charge in [-0.3, -0.25) is 9.89 Å². The van der Waals surface area contributed by atoms with Crippen molar-refractivity contribution in [3.8, 4) is 6.07 Å². The van der Waals surface area contributed by atoms with Gasteiger partial charge in [-0.2, -0.15) is 5.26 Å². The van der Waals surface area contributed by atoms with Crippen molar-refractivity contribution in [3.05, 3.63) is 81.8 Å². The number of aromatic nitrogens is 5. The Bertz CT molecular complexity index is 1580. The van der Waals surface area contributed by atoms with E-state index < -0.39 is 0 Å². The molecular weight excluding hydrogens is 454 g/mol. The van der Waals surface area contributed by atoms with Gasteiger partial charge in [-0.05, 0) is 55.3 Å². The van der Waals surface area contributed by atoms with E-state index in [9.17, 15) is 10.1 Å². The molecule has 10 nitrogen and oxygen atoms in total. The van der Waals surface area contributed by atoms with Crippen molar-refractivity contribution in [2.24, 2.45) is 0 Å². The minimum absolute atomic E-state index is 0.134. The van der Waals surface area contributed by atoms with Crippen LogP contribution < -0.4 is 5.32 Å². The van der Waals surface area contributed by atoms with E-state index in [1.54, 1.807) is 23.1 Å². The highest BCUT2D eigenvalue weighted by atomic mass is 16.2. The van der Waals surface area contributed by atoms with Crippen LogP contribution in [0.4, 0.5) is 11.6 Å². The van der Waals surface area contributed by atoms with Gasteiger partial charge in [-0.1, -0.05) is 11.3 Å². The van der Waals surface area contributed by atoms with Gasteiger partial charge in [0, 0.05) is 35.3 Å². The van der Waals surface area contributed by atoms with Gasteiger partial charge in [0.15, 0.2) is 0 Å². The summed E-state index contributed by atoms with van der Waals surface area (Å²) in [4.78, 5) is 26.3. The van der Waals surface area contributed by atoms with E-state index in [-0.39, 0.29) is 12.5 Å². The number of benzene rings is 2. The molecule has 0 fully saturated rings. The third kappa shape index (κ3) is 3.90. The molecule has 4 aromatic rings. The number of rotatable bonds is 4. The molecule has 0 saturated heterocycles. The molecule has 2 aliphatic heterocycles. The van der Waals surface area contributed by atoms with Gasteiger partial charge in [0.2, 0.25) is 5.95 Å². The van der Waals surface area contributed by atoms with Gasteiger partial charge in [0.05, 0.1) is 42.5 Å². The molecule has 2 N–H and O–H groups in total. The van der Waals surface area contributed by atoms with Crippen molar-refractivity contribution < 1.29 is 4.79 Å². The van der Waals surface area contributed by atoms with Crippen molar-refractivity contribution in [3.63, 3.8) is 0 Å². The first-order valence-electron chi connectivity index (χ1n) is 11.6. The number of nitriles is 1. The highest BCUT2D eigenvalue weighted by Crippen LogP contribution is 2.31. The van der Waals surface area contributed by atoms with Crippen LogP contribution in [0.25, 0.3) is 11.0 Å². The van der Waals surface area contributed by atoms with Crippen LogP contribution in [-0.4, -0.2) is 54.2 Å². The van der Waals surface area contributed by atoms with Crippen LogP contribution in [0.2, 0.25) is 0 Å². The van der Waals surface area contributed by atoms with Crippen LogP contribution in [0.5, 0.6) is 0 Å². The number of carbonyl (C=O) groups excluding carboxylic acids is 1. The molecule has 2 aromatic carbocycles. The molecule has 2 aromatic heterocycles. The zero-order valence-corrected chi connectivity index (χ0v) is 19.9. The van der Waals surface area contributed by atoms with E-state index in [2.05, 4.69) is 68.7 Å². The maximum Gasteiger partial charge on any atom is 0.254 e. The van der Waals surface area contributed by atoms with Crippen LogP contribution in [0, 0.1) is 25.2 Å². The van der Waals surface area contributed by atoms with Crippen molar-refractivity contribution >= 4 is 28.6 Å². The van der Waals surface area contributed by atoms with E-state index in [0.717, 1.165) is 22.6 Å². The number of aromatic amines is 1. The van der Waals surface area contributed by atoms with E-state index in [1.807, 2.05) is 6.20 Å². The zero-order chi connectivity index (χ0) is 24.8. The fraction of sp³-hybridized carbons (Fsp3) is 0.231. The Morgan fingerprint density at radius 2 is 1.92 bits per heavy atom. The second kappa shape index (κ2) is 8.46. The molecule has 0 bridgehead atoms. The van der Waals surface area contributed by atoms with E-state index >= 15 is 0 Å². The third-order valence-corrected chi connectivity index (χ3v) is 6.55. The number of aryl methyl sites for hydroxylation is 2.